The predicted octanol–water partition coefficient (Wildman–Crippen LogP) is 4.10. The second-order valence-corrected chi connectivity index (χ2v) is 6.52. The molecule has 6 heteroatoms. The largest absolute Gasteiger partial charge is 0.416 e. The monoisotopic (exact) mass is 362 g/mol. The van der Waals surface area contributed by atoms with Gasteiger partial charge in [0.25, 0.3) is 5.91 Å². The van der Waals surface area contributed by atoms with Crippen molar-refractivity contribution in [2.24, 2.45) is 5.92 Å². The Morgan fingerprint density at radius 3 is 2.50 bits per heavy atom. The van der Waals surface area contributed by atoms with Gasteiger partial charge in [0.2, 0.25) is 0 Å². The summed E-state index contributed by atoms with van der Waals surface area (Å²) in [7, 11) is 0. The van der Waals surface area contributed by atoms with Crippen molar-refractivity contribution in [2.75, 3.05) is 19.6 Å². The van der Waals surface area contributed by atoms with Gasteiger partial charge >= 0.3 is 6.18 Å². The van der Waals surface area contributed by atoms with Crippen molar-refractivity contribution in [3.8, 4) is 11.1 Å². The summed E-state index contributed by atoms with van der Waals surface area (Å²) in [4.78, 5) is 12.5. The van der Waals surface area contributed by atoms with Gasteiger partial charge in [-0.1, -0.05) is 30.3 Å². The van der Waals surface area contributed by atoms with Crippen molar-refractivity contribution >= 4 is 5.91 Å². The van der Waals surface area contributed by atoms with E-state index in [-0.39, 0.29) is 5.91 Å². The first-order chi connectivity index (χ1) is 12.4. The van der Waals surface area contributed by atoms with E-state index in [9.17, 15) is 18.0 Å². The van der Waals surface area contributed by atoms with Crippen LogP contribution in [0.1, 0.15) is 28.8 Å². The standard InChI is InChI=1S/C20H21F3N2O/c21-20(22,23)16-7-5-15(6-8-16)17-3-1-2-4-18(17)19(26)25-12-10-14-9-11-24-13-14/h1-8,14,24H,9-13H2,(H,25,26). The van der Waals surface area contributed by atoms with E-state index in [0.717, 1.165) is 38.1 Å². The van der Waals surface area contributed by atoms with Gasteiger partial charge in [-0.2, -0.15) is 13.2 Å². The first-order valence-electron chi connectivity index (χ1n) is 8.71. The van der Waals surface area contributed by atoms with Crippen LogP contribution in [-0.2, 0) is 6.18 Å². The summed E-state index contributed by atoms with van der Waals surface area (Å²) >= 11 is 0. The summed E-state index contributed by atoms with van der Waals surface area (Å²) in [6.45, 7) is 2.60. The number of nitrogens with one attached hydrogen (secondary N) is 2. The Bertz CT molecular complexity index is 750. The summed E-state index contributed by atoms with van der Waals surface area (Å²) in [6, 6.07) is 11.8. The molecule has 1 amide bonds. The van der Waals surface area contributed by atoms with Crippen molar-refractivity contribution in [2.45, 2.75) is 19.0 Å². The average Bonchev–Trinajstić information content (AvgIpc) is 3.14. The van der Waals surface area contributed by atoms with E-state index in [0.29, 0.717) is 29.2 Å². The molecule has 3 nitrogen and oxygen atoms in total. The van der Waals surface area contributed by atoms with E-state index in [4.69, 9.17) is 0 Å². The summed E-state index contributed by atoms with van der Waals surface area (Å²) in [5, 5.41) is 6.22. The van der Waals surface area contributed by atoms with Crippen molar-refractivity contribution in [3.63, 3.8) is 0 Å². The van der Waals surface area contributed by atoms with E-state index < -0.39 is 11.7 Å². The Balaban J connectivity index is 1.71. The SMILES string of the molecule is O=C(NCCC1CCNC1)c1ccccc1-c1ccc(C(F)(F)F)cc1. The van der Waals surface area contributed by atoms with Crippen LogP contribution in [0.15, 0.2) is 48.5 Å². The van der Waals surface area contributed by atoms with Gasteiger partial charge in [0.05, 0.1) is 5.56 Å². The Morgan fingerprint density at radius 1 is 1.12 bits per heavy atom. The molecular weight excluding hydrogens is 341 g/mol. The van der Waals surface area contributed by atoms with E-state index in [1.807, 2.05) is 0 Å². The van der Waals surface area contributed by atoms with Crippen molar-refractivity contribution in [1.29, 1.82) is 0 Å². The summed E-state index contributed by atoms with van der Waals surface area (Å²) in [6.07, 6.45) is -2.33. The van der Waals surface area contributed by atoms with Gasteiger partial charge < -0.3 is 10.6 Å². The Morgan fingerprint density at radius 2 is 1.85 bits per heavy atom. The average molecular weight is 362 g/mol. The van der Waals surface area contributed by atoms with Crippen LogP contribution >= 0.6 is 0 Å². The van der Waals surface area contributed by atoms with E-state index in [1.165, 1.54) is 12.1 Å². The lowest BCUT2D eigenvalue weighted by Crippen LogP contribution is -2.26. The molecule has 3 rings (SSSR count). The highest BCUT2D eigenvalue weighted by Crippen LogP contribution is 2.31. The second-order valence-electron chi connectivity index (χ2n) is 6.52. The topological polar surface area (TPSA) is 41.1 Å². The van der Waals surface area contributed by atoms with Crippen LogP contribution in [0.3, 0.4) is 0 Å². The lowest BCUT2D eigenvalue weighted by molar-refractivity contribution is -0.137. The van der Waals surface area contributed by atoms with E-state index in [2.05, 4.69) is 10.6 Å². The first kappa shape index (κ1) is 18.5. The quantitative estimate of drug-likeness (QED) is 0.841. The number of halogens is 3. The molecule has 1 fully saturated rings. The molecule has 2 N–H and O–H groups in total. The Labute approximate surface area is 150 Å². The third kappa shape index (κ3) is 4.43. The molecule has 1 saturated heterocycles. The number of amides is 1. The van der Waals surface area contributed by atoms with Crippen LogP contribution in [0.25, 0.3) is 11.1 Å². The third-order valence-electron chi connectivity index (χ3n) is 4.70. The highest BCUT2D eigenvalue weighted by molar-refractivity contribution is 6.00. The normalized spacial score (nSPS) is 17.3. The zero-order chi connectivity index (χ0) is 18.6. The second kappa shape index (κ2) is 7.91. The predicted molar refractivity (Wildman–Crippen MR) is 94.8 cm³/mol. The first-order valence-corrected chi connectivity index (χ1v) is 8.71. The number of hydrogen-bond donors (Lipinski definition) is 2. The van der Waals surface area contributed by atoms with Gasteiger partial charge in [0.15, 0.2) is 0 Å². The van der Waals surface area contributed by atoms with Crippen molar-refractivity contribution in [3.05, 3.63) is 59.7 Å². The zero-order valence-corrected chi connectivity index (χ0v) is 14.3. The van der Waals surface area contributed by atoms with Gasteiger partial charge in [-0.15, -0.1) is 0 Å². The molecule has 0 aromatic heterocycles. The Hall–Kier alpha value is -2.34. The van der Waals surface area contributed by atoms with Gasteiger partial charge in [-0.05, 0) is 61.2 Å². The van der Waals surface area contributed by atoms with Crippen LogP contribution in [0.5, 0.6) is 0 Å². The number of hydrogen-bond acceptors (Lipinski definition) is 2. The lowest BCUT2D eigenvalue weighted by atomic mass is 9.98. The summed E-state index contributed by atoms with van der Waals surface area (Å²) in [5.74, 6) is 0.381. The van der Waals surface area contributed by atoms with Gasteiger partial charge in [-0.3, -0.25) is 4.79 Å². The zero-order valence-electron chi connectivity index (χ0n) is 14.3. The van der Waals surface area contributed by atoms with Gasteiger partial charge in [-0.25, -0.2) is 0 Å². The van der Waals surface area contributed by atoms with Crippen LogP contribution in [-0.4, -0.2) is 25.5 Å². The highest BCUT2D eigenvalue weighted by atomic mass is 19.4. The molecular formula is C20H21F3N2O. The fourth-order valence-electron chi connectivity index (χ4n) is 3.22. The number of alkyl halides is 3. The van der Waals surface area contributed by atoms with Gasteiger partial charge in [0.1, 0.15) is 0 Å². The number of rotatable bonds is 5. The lowest BCUT2D eigenvalue weighted by Gasteiger charge is -2.13. The molecule has 1 aliphatic rings. The molecule has 1 aliphatic heterocycles. The minimum Gasteiger partial charge on any atom is -0.352 e. The van der Waals surface area contributed by atoms with E-state index >= 15 is 0 Å². The van der Waals surface area contributed by atoms with Crippen LogP contribution in [0.2, 0.25) is 0 Å². The number of benzene rings is 2. The molecule has 1 unspecified atom stereocenters. The minimum absolute atomic E-state index is 0.202. The number of carbonyl (C=O) groups is 1. The molecule has 0 bridgehead atoms. The molecule has 2 aromatic rings. The van der Waals surface area contributed by atoms with Crippen LogP contribution in [0.4, 0.5) is 13.2 Å². The molecule has 1 heterocycles. The molecule has 138 valence electrons. The molecule has 1 atom stereocenters. The fraction of sp³-hybridized carbons (Fsp3) is 0.350. The fourth-order valence-corrected chi connectivity index (χ4v) is 3.22. The maximum atomic E-state index is 12.7. The molecule has 0 aliphatic carbocycles. The van der Waals surface area contributed by atoms with Crippen LogP contribution < -0.4 is 10.6 Å². The van der Waals surface area contributed by atoms with Crippen LogP contribution in [0, 0.1) is 5.92 Å². The smallest absolute Gasteiger partial charge is 0.352 e. The Kier molecular flexibility index (Phi) is 5.61. The third-order valence-corrected chi connectivity index (χ3v) is 4.70. The number of carbonyl (C=O) groups excluding carboxylic acids is 1. The van der Waals surface area contributed by atoms with Crippen molar-refractivity contribution < 1.29 is 18.0 Å². The summed E-state index contributed by atoms with van der Waals surface area (Å²) < 4.78 is 38.2. The van der Waals surface area contributed by atoms with E-state index in [1.54, 1.807) is 24.3 Å². The molecule has 0 spiro atoms. The minimum atomic E-state index is -4.37. The molecule has 2 aromatic carbocycles. The molecule has 0 radical (unpaired) electrons. The maximum absolute atomic E-state index is 12.7. The highest BCUT2D eigenvalue weighted by Gasteiger charge is 2.30. The van der Waals surface area contributed by atoms with Gasteiger partial charge in [0, 0.05) is 12.1 Å². The maximum Gasteiger partial charge on any atom is 0.416 e. The summed E-state index contributed by atoms with van der Waals surface area (Å²) in [5.41, 5.74) is 0.982. The molecule has 26 heavy (non-hydrogen) atoms. The molecule has 0 saturated carbocycles. The van der Waals surface area contributed by atoms with Crippen molar-refractivity contribution in [1.82, 2.24) is 10.6 Å².